The number of carbonyl (C=O) groups is 1. The molecule has 0 saturated carbocycles. The Morgan fingerprint density at radius 1 is 1.37 bits per heavy atom. The molecule has 0 amide bonds. The van der Waals surface area contributed by atoms with E-state index in [0.29, 0.717) is 5.56 Å². The average Bonchev–Trinajstić information content (AvgIpc) is 2.37. The minimum atomic E-state index is -3.73. The molecule has 1 aromatic rings. The lowest BCUT2D eigenvalue weighted by molar-refractivity contribution is 0.101. The lowest BCUT2D eigenvalue weighted by Gasteiger charge is -2.29. The number of sulfonamides is 1. The Morgan fingerprint density at radius 2 is 1.95 bits per heavy atom. The molecule has 0 spiro atoms. The van der Waals surface area contributed by atoms with E-state index in [2.05, 4.69) is 5.92 Å². The first-order valence-electron chi connectivity index (χ1n) is 5.71. The number of carbonyl (C=O) groups excluding carboxylic acids is 1. The summed E-state index contributed by atoms with van der Waals surface area (Å²) in [5.41, 5.74) is -0.585. The summed E-state index contributed by atoms with van der Waals surface area (Å²) in [6.45, 7) is 4.67. The van der Waals surface area contributed by atoms with E-state index in [1.54, 1.807) is 26.0 Å². The van der Waals surface area contributed by atoms with Crippen molar-refractivity contribution in [2.75, 3.05) is 7.05 Å². The van der Waals surface area contributed by atoms with Gasteiger partial charge in [-0.3, -0.25) is 4.79 Å². The van der Waals surface area contributed by atoms with Gasteiger partial charge in [0.25, 0.3) is 0 Å². The van der Waals surface area contributed by atoms with Gasteiger partial charge in [0.05, 0.1) is 10.4 Å². The van der Waals surface area contributed by atoms with Crippen molar-refractivity contribution in [3.8, 4) is 12.3 Å². The Kier molecular flexibility index (Phi) is 4.18. The first kappa shape index (κ1) is 15.4. The SMILES string of the molecule is C#CC(C)(C)N(C)S(=O)(=O)c1cccc(C(C)=O)c1. The Balaban J connectivity index is 3.33. The largest absolute Gasteiger partial charge is 0.295 e. The van der Waals surface area contributed by atoms with Crippen LogP contribution in [0.3, 0.4) is 0 Å². The number of rotatable bonds is 4. The normalized spacial score (nSPS) is 12.2. The number of benzene rings is 1. The van der Waals surface area contributed by atoms with Gasteiger partial charge in [-0.05, 0) is 32.9 Å². The Labute approximate surface area is 114 Å². The van der Waals surface area contributed by atoms with Crippen molar-refractivity contribution in [2.45, 2.75) is 31.2 Å². The molecule has 4 nitrogen and oxygen atoms in total. The van der Waals surface area contributed by atoms with Crippen molar-refractivity contribution in [3.05, 3.63) is 29.8 Å². The van der Waals surface area contributed by atoms with Gasteiger partial charge in [-0.2, -0.15) is 4.31 Å². The Bertz CT molecular complexity index is 639. The lowest BCUT2D eigenvalue weighted by atomic mass is 10.1. The fraction of sp³-hybridized carbons (Fsp3) is 0.357. The van der Waals surface area contributed by atoms with Gasteiger partial charge in [0.2, 0.25) is 10.0 Å². The van der Waals surface area contributed by atoms with Crippen molar-refractivity contribution in [1.82, 2.24) is 4.31 Å². The van der Waals surface area contributed by atoms with E-state index in [4.69, 9.17) is 6.42 Å². The quantitative estimate of drug-likeness (QED) is 0.625. The van der Waals surface area contributed by atoms with Crippen LogP contribution < -0.4 is 0 Å². The zero-order chi connectivity index (χ0) is 14.8. The molecule has 0 aliphatic heterocycles. The van der Waals surface area contributed by atoms with Gasteiger partial charge in [0, 0.05) is 12.6 Å². The molecule has 0 aliphatic rings. The van der Waals surface area contributed by atoms with Crippen LogP contribution in [0.25, 0.3) is 0 Å². The molecule has 0 N–H and O–H groups in total. The molecule has 0 aromatic heterocycles. The maximum atomic E-state index is 12.4. The minimum absolute atomic E-state index is 0.0611. The van der Waals surface area contributed by atoms with Crippen molar-refractivity contribution < 1.29 is 13.2 Å². The first-order valence-corrected chi connectivity index (χ1v) is 7.15. The third-order valence-corrected chi connectivity index (χ3v) is 5.07. The second kappa shape index (κ2) is 5.16. The Hall–Kier alpha value is -1.64. The fourth-order valence-electron chi connectivity index (χ4n) is 1.43. The van der Waals surface area contributed by atoms with Gasteiger partial charge in [-0.15, -0.1) is 6.42 Å². The van der Waals surface area contributed by atoms with Crippen molar-refractivity contribution >= 4 is 15.8 Å². The van der Waals surface area contributed by atoms with E-state index in [1.807, 2.05) is 0 Å². The number of nitrogens with zero attached hydrogens (tertiary/aromatic N) is 1. The van der Waals surface area contributed by atoms with E-state index < -0.39 is 15.6 Å². The summed E-state index contributed by atoms with van der Waals surface area (Å²) in [5.74, 6) is 2.25. The number of Topliss-reactive ketones (excluding diaryl/α,β-unsaturated/α-hetero) is 1. The maximum absolute atomic E-state index is 12.4. The topological polar surface area (TPSA) is 54.5 Å². The van der Waals surface area contributed by atoms with E-state index in [-0.39, 0.29) is 10.7 Å². The van der Waals surface area contributed by atoms with Crippen molar-refractivity contribution in [3.63, 3.8) is 0 Å². The summed E-state index contributed by atoms with van der Waals surface area (Å²) in [7, 11) is -2.30. The van der Waals surface area contributed by atoms with Crippen LogP contribution in [-0.4, -0.2) is 31.1 Å². The molecule has 1 rings (SSSR count). The van der Waals surface area contributed by atoms with Gasteiger partial charge >= 0.3 is 0 Å². The predicted octanol–water partition coefficient (Wildman–Crippen LogP) is 1.92. The predicted molar refractivity (Wildman–Crippen MR) is 74.3 cm³/mol. The molecular formula is C14H17NO3S. The van der Waals surface area contributed by atoms with Crippen LogP contribution in [0, 0.1) is 12.3 Å². The van der Waals surface area contributed by atoms with Crippen LogP contribution in [0.1, 0.15) is 31.1 Å². The third kappa shape index (κ3) is 3.03. The van der Waals surface area contributed by atoms with Crippen LogP contribution >= 0.6 is 0 Å². The summed E-state index contributed by atoms with van der Waals surface area (Å²) in [6.07, 6.45) is 5.35. The summed E-state index contributed by atoms with van der Waals surface area (Å²) in [6, 6.07) is 5.93. The molecular weight excluding hydrogens is 262 g/mol. The van der Waals surface area contributed by atoms with Gasteiger partial charge in [-0.1, -0.05) is 18.1 Å². The molecule has 0 radical (unpaired) electrons. The molecule has 5 heteroatoms. The molecule has 0 unspecified atom stereocenters. The summed E-state index contributed by atoms with van der Waals surface area (Å²) >= 11 is 0. The maximum Gasteiger partial charge on any atom is 0.244 e. The minimum Gasteiger partial charge on any atom is -0.295 e. The van der Waals surface area contributed by atoms with Crippen LogP contribution in [0.15, 0.2) is 29.2 Å². The summed E-state index contributed by atoms with van der Waals surface area (Å²) in [4.78, 5) is 11.4. The van der Waals surface area contributed by atoms with Crippen LogP contribution in [0.4, 0.5) is 0 Å². The van der Waals surface area contributed by atoms with E-state index in [9.17, 15) is 13.2 Å². The monoisotopic (exact) mass is 279 g/mol. The van der Waals surface area contributed by atoms with Crippen molar-refractivity contribution in [1.29, 1.82) is 0 Å². The van der Waals surface area contributed by atoms with Crippen LogP contribution in [-0.2, 0) is 10.0 Å². The number of hydrogen-bond acceptors (Lipinski definition) is 3. The molecule has 1 aromatic carbocycles. The highest BCUT2D eigenvalue weighted by Crippen LogP contribution is 2.23. The number of hydrogen-bond donors (Lipinski definition) is 0. The highest BCUT2D eigenvalue weighted by molar-refractivity contribution is 7.89. The molecule has 0 heterocycles. The summed E-state index contributed by atoms with van der Waals surface area (Å²) in [5, 5.41) is 0. The second-order valence-corrected chi connectivity index (χ2v) is 6.73. The Morgan fingerprint density at radius 3 is 2.42 bits per heavy atom. The van der Waals surface area contributed by atoms with Gasteiger partial charge in [0.15, 0.2) is 5.78 Å². The van der Waals surface area contributed by atoms with E-state index >= 15 is 0 Å². The third-order valence-electron chi connectivity index (χ3n) is 3.04. The zero-order valence-electron chi connectivity index (χ0n) is 11.5. The molecule has 19 heavy (non-hydrogen) atoms. The van der Waals surface area contributed by atoms with Gasteiger partial charge in [-0.25, -0.2) is 8.42 Å². The first-order chi connectivity index (χ1) is 8.63. The molecule has 0 saturated heterocycles. The molecule has 102 valence electrons. The number of ketones is 1. The molecule has 0 fully saturated rings. The van der Waals surface area contributed by atoms with E-state index in [1.165, 1.54) is 26.1 Å². The smallest absolute Gasteiger partial charge is 0.244 e. The highest BCUT2D eigenvalue weighted by Gasteiger charge is 2.32. The number of terminal acetylenes is 1. The molecule has 0 atom stereocenters. The van der Waals surface area contributed by atoms with Crippen LogP contribution in [0.5, 0.6) is 0 Å². The van der Waals surface area contributed by atoms with E-state index in [0.717, 1.165) is 4.31 Å². The van der Waals surface area contributed by atoms with Gasteiger partial charge < -0.3 is 0 Å². The lowest BCUT2D eigenvalue weighted by Crippen LogP contribution is -2.43. The summed E-state index contributed by atoms with van der Waals surface area (Å²) < 4.78 is 26.0. The second-order valence-electron chi connectivity index (χ2n) is 4.76. The van der Waals surface area contributed by atoms with Gasteiger partial charge in [0.1, 0.15) is 0 Å². The zero-order valence-corrected chi connectivity index (χ0v) is 12.3. The standard InChI is InChI=1S/C14H17NO3S/c1-6-14(3,4)15(5)19(17,18)13-9-7-8-12(10-13)11(2)16/h1,7-10H,2-5H3. The fourth-order valence-corrected chi connectivity index (χ4v) is 2.92. The highest BCUT2D eigenvalue weighted by atomic mass is 32.2. The molecule has 0 bridgehead atoms. The van der Waals surface area contributed by atoms with Crippen LogP contribution in [0.2, 0.25) is 0 Å². The average molecular weight is 279 g/mol. The van der Waals surface area contributed by atoms with Crippen molar-refractivity contribution in [2.24, 2.45) is 0 Å². The molecule has 0 aliphatic carbocycles.